The molecule has 0 unspecified atom stereocenters. The Morgan fingerprint density at radius 3 is 2.92 bits per heavy atom. The largest absolute Gasteiger partial charge is 0.326 e. The zero-order chi connectivity index (χ0) is 9.84. The summed E-state index contributed by atoms with van der Waals surface area (Å²) in [4.78, 5) is 0. The Morgan fingerprint density at radius 1 is 1.69 bits per heavy atom. The van der Waals surface area contributed by atoms with Gasteiger partial charge in [0.05, 0.1) is 5.69 Å². The van der Waals surface area contributed by atoms with Gasteiger partial charge in [-0.25, -0.2) is 0 Å². The second-order valence-corrected chi connectivity index (χ2v) is 3.60. The molecule has 1 heterocycles. The van der Waals surface area contributed by atoms with Crippen LogP contribution < -0.4 is 5.73 Å². The number of hydrogen-bond acceptors (Lipinski definition) is 2. The number of hydrogen-bond donors (Lipinski definition) is 1. The van der Waals surface area contributed by atoms with E-state index in [0.717, 1.165) is 17.8 Å². The molecule has 72 valence electrons. The van der Waals surface area contributed by atoms with Crippen molar-refractivity contribution < 1.29 is 0 Å². The molecule has 0 aliphatic heterocycles. The molecule has 0 bridgehead atoms. The smallest absolute Gasteiger partial charge is 0.0648 e. The molecule has 0 aliphatic carbocycles. The highest BCUT2D eigenvalue weighted by atomic mass is 15.3. The maximum atomic E-state index is 5.52. The summed E-state index contributed by atoms with van der Waals surface area (Å²) >= 11 is 0. The summed E-state index contributed by atoms with van der Waals surface area (Å²) in [7, 11) is 0. The zero-order valence-corrected chi connectivity index (χ0v) is 8.33. The van der Waals surface area contributed by atoms with Crippen molar-refractivity contribution in [3.63, 3.8) is 0 Å². The second kappa shape index (κ2) is 4.23. The third-order valence-electron chi connectivity index (χ3n) is 1.86. The highest BCUT2D eigenvalue weighted by Crippen LogP contribution is 2.11. The summed E-state index contributed by atoms with van der Waals surface area (Å²) in [6.45, 7) is 9.63. The van der Waals surface area contributed by atoms with E-state index in [1.807, 2.05) is 10.7 Å². The van der Waals surface area contributed by atoms with Crippen LogP contribution in [-0.4, -0.2) is 16.3 Å². The lowest BCUT2D eigenvalue weighted by molar-refractivity contribution is 0.479. The van der Waals surface area contributed by atoms with Gasteiger partial charge >= 0.3 is 0 Å². The van der Waals surface area contributed by atoms with Crippen molar-refractivity contribution in [1.29, 1.82) is 0 Å². The monoisotopic (exact) mass is 179 g/mol. The molecule has 3 heteroatoms. The van der Waals surface area contributed by atoms with Crippen LogP contribution in [0.1, 0.15) is 19.5 Å². The molecule has 1 aromatic heterocycles. The molecule has 1 aromatic rings. The fraction of sp³-hybridized carbons (Fsp3) is 0.500. The molecule has 0 aliphatic rings. The van der Waals surface area contributed by atoms with E-state index in [4.69, 9.17) is 5.73 Å². The van der Waals surface area contributed by atoms with Crippen LogP contribution in [0.3, 0.4) is 0 Å². The molecule has 0 radical (unpaired) electrons. The van der Waals surface area contributed by atoms with Crippen molar-refractivity contribution in [3.05, 3.63) is 24.5 Å². The molecule has 0 aromatic carbocycles. The van der Waals surface area contributed by atoms with Gasteiger partial charge in [0.1, 0.15) is 0 Å². The summed E-state index contributed by atoms with van der Waals surface area (Å²) in [5.74, 6) is 0.587. The molecule has 3 nitrogen and oxygen atoms in total. The Hall–Kier alpha value is -1.09. The Bertz CT molecular complexity index is 286. The molecular weight excluding hydrogens is 162 g/mol. The number of rotatable bonds is 4. The minimum absolute atomic E-state index is 0.490. The Morgan fingerprint density at radius 2 is 2.38 bits per heavy atom. The van der Waals surface area contributed by atoms with Crippen LogP contribution >= 0.6 is 0 Å². The first-order chi connectivity index (χ1) is 6.15. The van der Waals surface area contributed by atoms with E-state index in [9.17, 15) is 0 Å². The standard InChI is InChI=1S/C10H17N3/c1-8(2)7-13-10(4-5-12-13)9(3)6-11/h4-5,8H,3,6-7,11H2,1-2H3. The van der Waals surface area contributed by atoms with E-state index in [-0.39, 0.29) is 0 Å². The summed E-state index contributed by atoms with van der Waals surface area (Å²) in [5.41, 5.74) is 7.52. The predicted octanol–water partition coefficient (Wildman–Crippen LogP) is 1.51. The van der Waals surface area contributed by atoms with Gasteiger partial charge in [-0.05, 0) is 17.6 Å². The fourth-order valence-electron chi connectivity index (χ4n) is 1.23. The number of nitrogens with zero attached hydrogens (tertiary/aromatic N) is 2. The maximum absolute atomic E-state index is 5.52. The van der Waals surface area contributed by atoms with Crippen molar-refractivity contribution in [2.24, 2.45) is 11.7 Å². The summed E-state index contributed by atoms with van der Waals surface area (Å²) in [5, 5.41) is 4.23. The lowest BCUT2D eigenvalue weighted by atomic mass is 10.2. The lowest BCUT2D eigenvalue weighted by Crippen LogP contribution is -2.12. The average Bonchev–Trinajstić information content (AvgIpc) is 2.50. The van der Waals surface area contributed by atoms with Crippen LogP contribution in [0.2, 0.25) is 0 Å². The quantitative estimate of drug-likeness (QED) is 0.761. The van der Waals surface area contributed by atoms with E-state index in [0.29, 0.717) is 12.5 Å². The van der Waals surface area contributed by atoms with Crippen molar-refractivity contribution >= 4 is 5.57 Å². The third-order valence-corrected chi connectivity index (χ3v) is 1.86. The third kappa shape index (κ3) is 2.42. The first-order valence-electron chi connectivity index (χ1n) is 4.55. The Labute approximate surface area is 79.2 Å². The maximum Gasteiger partial charge on any atom is 0.0648 e. The SMILES string of the molecule is C=C(CN)c1ccnn1CC(C)C. The van der Waals surface area contributed by atoms with Gasteiger partial charge in [-0.3, -0.25) is 4.68 Å². The summed E-state index contributed by atoms with van der Waals surface area (Å²) < 4.78 is 1.96. The molecule has 2 N–H and O–H groups in total. The molecule has 0 spiro atoms. The first kappa shape index (κ1) is 9.99. The van der Waals surface area contributed by atoms with Gasteiger partial charge in [0.25, 0.3) is 0 Å². The van der Waals surface area contributed by atoms with E-state index in [1.165, 1.54) is 0 Å². The topological polar surface area (TPSA) is 43.8 Å². The molecule has 0 amide bonds. The average molecular weight is 179 g/mol. The van der Waals surface area contributed by atoms with E-state index in [1.54, 1.807) is 6.20 Å². The highest BCUT2D eigenvalue weighted by molar-refractivity contribution is 5.61. The molecule has 0 saturated heterocycles. The van der Waals surface area contributed by atoms with Crippen molar-refractivity contribution in [2.75, 3.05) is 6.54 Å². The lowest BCUT2D eigenvalue weighted by Gasteiger charge is -2.10. The van der Waals surface area contributed by atoms with Gasteiger partial charge in [0.2, 0.25) is 0 Å². The normalized spacial score (nSPS) is 10.8. The van der Waals surface area contributed by atoms with Crippen LogP contribution in [0.4, 0.5) is 0 Å². The van der Waals surface area contributed by atoms with Crippen molar-refractivity contribution in [1.82, 2.24) is 9.78 Å². The van der Waals surface area contributed by atoms with Gasteiger partial charge in [-0.1, -0.05) is 20.4 Å². The van der Waals surface area contributed by atoms with Crippen LogP contribution in [-0.2, 0) is 6.54 Å². The van der Waals surface area contributed by atoms with E-state index in [2.05, 4.69) is 25.5 Å². The number of nitrogens with two attached hydrogens (primary N) is 1. The van der Waals surface area contributed by atoms with E-state index < -0.39 is 0 Å². The van der Waals surface area contributed by atoms with Crippen LogP contribution in [0.25, 0.3) is 5.57 Å². The highest BCUT2D eigenvalue weighted by Gasteiger charge is 2.05. The van der Waals surface area contributed by atoms with Crippen molar-refractivity contribution in [2.45, 2.75) is 20.4 Å². The van der Waals surface area contributed by atoms with Gasteiger partial charge in [-0.15, -0.1) is 0 Å². The second-order valence-electron chi connectivity index (χ2n) is 3.60. The van der Waals surface area contributed by atoms with Gasteiger partial charge in [0, 0.05) is 19.3 Å². The Balaban J connectivity index is 2.83. The van der Waals surface area contributed by atoms with Crippen LogP contribution in [0, 0.1) is 5.92 Å². The van der Waals surface area contributed by atoms with Crippen LogP contribution in [0.15, 0.2) is 18.8 Å². The first-order valence-corrected chi connectivity index (χ1v) is 4.55. The molecule has 13 heavy (non-hydrogen) atoms. The molecular formula is C10H17N3. The van der Waals surface area contributed by atoms with Gasteiger partial charge in [0.15, 0.2) is 0 Å². The number of aromatic nitrogens is 2. The molecule has 0 atom stereocenters. The Kier molecular flexibility index (Phi) is 3.25. The molecule has 0 saturated carbocycles. The predicted molar refractivity (Wildman–Crippen MR) is 55.2 cm³/mol. The summed E-state index contributed by atoms with van der Waals surface area (Å²) in [6.07, 6.45) is 1.79. The van der Waals surface area contributed by atoms with E-state index >= 15 is 0 Å². The van der Waals surface area contributed by atoms with Gasteiger partial charge in [-0.2, -0.15) is 5.10 Å². The minimum atomic E-state index is 0.490. The van der Waals surface area contributed by atoms with Crippen molar-refractivity contribution in [3.8, 4) is 0 Å². The molecule has 1 rings (SSSR count). The molecule has 0 fully saturated rings. The van der Waals surface area contributed by atoms with Crippen LogP contribution in [0.5, 0.6) is 0 Å². The summed E-state index contributed by atoms with van der Waals surface area (Å²) in [6, 6.07) is 1.96. The minimum Gasteiger partial charge on any atom is -0.326 e. The fourth-order valence-corrected chi connectivity index (χ4v) is 1.23. The van der Waals surface area contributed by atoms with Gasteiger partial charge < -0.3 is 5.73 Å². The zero-order valence-electron chi connectivity index (χ0n) is 8.33.